The molecule has 0 fully saturated rings. The van der Waals surface area contributed by atoms with E-state index >= 15 is 0 Å². The van der Waals surface area contributed by atoms with Gasteiger partial charge in [0.25, 0.3) is 0 Å². The summed E-state index contributed by atoms with van der Waals surface area (Å²) >= 11 is 5.73. The van der Waals surface area contributed by atoms with E-state index in [0.29, 0.717) is 11.6 Å². The van der Waals surface area contributed by atoms with Crippen molar-refractivity contribution in [2.75, 3.05) is 12.3 Å². The van der Waals surface area contributed by atoms with Crippen molar-refractivity contribution in [1.29, 1.82) is 0 Å². The first-order valence-electron chi connectivity index (χ1n) is 5.08. The van der Waals surface area contributed by atoms with E-state index in [-0.39, 0.29) is 23.6 Å². The van der Waals surface area contributed by atoms with Crippen LogP contribution in [0.15, 0.2) is 24.3 Å². The van der Waals surface area contributed by atoms with Crippen molar-refractivity contribution in [2.45, 2.75) is 18.5 Å². The third-order valence-corrected chi connectivity index (χ3v) is 3.18. The molecular weight excluding hydrogens is 271 g/mol. The fraction of sp³-hybridized carbons (Fsp3) is 0.455. The summed E-state index contributed by atoms with van der Waals surface area (Å²) in [6.45, 7) is 2.22. The van der Waals surface area contributed by atoms with Crippen LogP contribution in [0.4, 0.5) is 13.2 Å². The SMILES string of the molecule is C[C@@H](NCCSC(F)(F)F)c1ccc(Cl)cc1. The van der Waals surface area contributed by atoms with Crippen LogP contribution in [0.5, 0.6) is 0 Å². The van der Waals surface area contributed by atoms with E-state index < -0.39 is 5.51 Å². The monoisotopic (exact) mass is 283 g/mol. The second-order valence-electron chi connectivity index (χ2n) is 3.52. The first-order chi connectivity index (χ1) is 7.88. The third-order valence-electron chi connectivity index (χ3n) is 2.19. The highest BCUT2D eigenvalue weighted by atomic mass is 35.5. The lowest BCUT2D eigenvalue weighted by Gasteiger charge is -2.14. The number of alkyl halides is 3. The summed E-state index contributed by atoms with van der Waals surface area (Å²) in [7, 11) is 0. The Morgan fingerprint density at radius 1 is 1.29 bits per heavy atom. The summed E-state index contributed by atoms with van der Waals surface area (Å²) in [5.74, 6) is 0.0153. The van der Waals surface area contributed by atoms with Crippen LogP contribution in [-0.4, -0.2) is 17.8 Å². The molecule has 96 valence electrons. The van der Waals surface area contributed by atoms with Gasteiger partial charge in [0, 0.05) is 23.4 Å². The highest BCUT2D eigenvalue weighted by Crippen LogP contribution is 2.29. The second kappa shape index (κ2) is 6.52. The van der Waals surface area contributed by atoms with E-state index in [4.69, 9.17) is 11.6 Å². The van der Waals surface area contributed by atoms with E-state index in [1.165, 1.54) is 0 Å². The molecule has 0 aliphatic heterocycles. The summed E-state index contributed by atoms with van der Waals surface area (Å²) in [6.07, 6.45) is 0. The highest BCUT2D eigenvalue weighted by molar-refractivity contribution is 8.00. The van der Waals surface area contributed by atoms with Crippen LogP contribution in [0.1, 0.15) is 18.5 Å². The van der Waals surface area contributed by atoms with Crippen LogP contribution >= 0.6 is 23.4 Å². The number of benzene rings is 1. The molecule has 1 aromatic rings. The van der Waals surface area contributed by atoms with Gasteiger partial charge in [0.2, 0.25) is 0 Å². The summed E-state index contributed by atoms with van der Waals surface area (Å²) < 4.78 is 35.6. The van der Waals surface area contributed by atoms with Crippen molar-refractivity contribution >= 4 is 23.4 Å². The summed E-state index contributed by atoms with van der Waals surface area (Å²) in [6, 6.07) is 7.26. The topological polar surface area (TPSA) is 12.0 Å². The molecule has 0 unspecified atom stereocenters. The molecule has 0 bridgehead atoms. The van der Waals surface area contributed by atoms with Gasteiger partial charge in [0.15, 0.2) is 0 Å². The van der Waals surface area contributed by atoms with Crippen molar-refractivity contribution in [3.8, 4) is 0 Å². The minimum absolute atomic E-state index is 0.0104. The Labute approximate surface area is 108 Å². The lowest BCUT2D eigenvalue weighted by atomic mass is 10.1. The maximum Gasteiger partial charge on any atom is 0.441 e. The number of thioether (sulfide) groups is 1. The Bertz CT molecular complexity index is 340. The predicted molar refractivity (Wildman–Crippen MR) is 66.4 cm³/mol. The van der Waals surface area contributed by atoms with Gasteiger partial charge in [0.05, 0.1) is 0 Å². The summed E-state index contributed by atoms with van der Waals surface area (Å²) in [4.78, 5) is 0. The number of nitrogens with one attached hydrogen (secondary N) is 1. The molecule has 0 radical (unpaired) electrons. The molecule has 1 N–H and O–H groups in total. The van der Waals surface area contributed by atoms with Gasteiger partial charge in [-0.1, -0.05) is 23.7 Å². The van der Waals surface area contributed by atoms with Crippen molar-refractivity contribution < 1.29 is 13.2 Å². The van der Waals surface area contributed by atoms with Gasteiger partial charge in [-0.05, 0) is 36.4 Å². The first-order valence-corrected chi connectivity index (χ1v) is 6.44. The van der Waals surface area contributed by atoms with E-state index in [1.807, 2.05) is 19.1 Å². The molecule has 6 heteroatoms. The average Bonchev–Trinajstić information content (AvgIpc) is 2.24. The minimum Gasteiger partial charge on any atom is -0.309 e. The maximum absolute atomic E-state index is 11.9. The fourth-order valence-electron chi connectivity index (χ4n) is 1.31. The second-order valence-corrected chi connectivity index (χ2v) is 5.12. The number of hydrogen-bond donors (Lipinski definition) is 1. The van der Waals surface area contributed by atoms with E-state index in [0.717, 1.165) is 5.56 Å². The quantitative estimate of drug-likeness (QED) is 0.811. The van der Waals surface area contributed by atoms with Crippen molar-refractivity contribution in [2.24, 2.45) is 0 Å². The van der Waals surface area contributed by atoms with E-state index in [1.54, 1.807) is 12.1 Å². The molecule has 0 aliphatic rings. The molecule has 0 saturated heterocycles. The van der Waals surface area contributed by atoms with Crippen molar-refractivity contribution in [1.82, 2.24) is 5.32 Å². The Hall–Kier alpha value is -0.390. The fourth-order valence-corrected chi connectivity index (χ4v) is 1.89. The van der Waals surface area contributed by atoms with Crippen LogP contribution in [0.2, 0.25) is 5.02 Å². The molecule has 0 amide bonds. The summed E-state index contributed by atoms with van der Waals surface area (Å²) in [5.41, 5.74) is -3.14. The summed E-state index contributed by atoms with van der Waals surface area (Å²) in [5, 5.41) is 3.67. The largest absolute Gasteiger partial charge is 0.441 e. The molecule has 0 spiro atoms. The van der Waals surface area contributed by atoms with Gasteiger partial charge in [-0.3, -0.25) is 0 Å². The smallest absolute Gasteiger partial charge is 0.309 e. The lowest BCUT2D eigenvalue weighted by molar-refractivity contribution is -0.0327. The van der Waals surface area contributed by atoms with Crippen LogP contribution in [0, 0.1) is 0 Å². The molecule has 0 saturated carbocycles. The molecule has 1 atom stereocenters. The Balaban J connectivity index is 2.30. The van der Waals surface area contributed by atoms with E-state index in [2.05, 4.69) is 5.32 Å². The Morgan fingerprint density at radius 2 is 1.88 bits per heavy atom. The van der Waals surface area contributed by atoms with Crippen molar-refractivity contribution in [3.05, 3.63) is 34.9 Å². The van der Waals surface area contributed by atoms with Crippen LogP contribution in [0.3, 0.4) is 0 Å². The predicted octanol–water partition coefficient (Wildman–Crippen LogP) is 4.24. The standard InChI is InChI=1S/C11H13ClF3NS/c1-8(9-2-4-10(12)5-3-9)16-6-7-17-11(13,14)15/h2-5,8,16H,6-7H2,1H3/t8-/m1/s1. The number of rotatable bonds is 5. The molecule has 1 nitrogen and oxygen atoms in total. The zero-order valence-corrected chi connectivity index (χ0v) is 10.8. The zero-order valence-electron chi connectivity index (χ0n) is 9.22. The maximum atomic E-state index is 11.9. The van der Waals surface area contributed by atoms with Gasteiger partial charge < -0.3 is 5.32 Å². The highest BCUT2D eigenvalue weighted by Gasteiger charge is 2.27. The first kappa shape index (κ1) is 14.7. The normalized spacial score (nSPS) is 13.7. The van der Waals surface area contributed by atoms with Crippen LogP contribution in [0.25, 0.3) is 0 Å². The van der Waals surface area contributed by atoms with Gasteiger partial charge in [-0.25, -0.2) is 0 Å². The van der Waals surface area contributed by atoms with Crippen LogP contribution < -0.4 is 5.32 Å². The zero-order chi connectivity index (χ0) is 12.9. The lowest BCUT2D eigenvalue weighted by Crippen LogP contribution is -2.22. The Kier molecular flexibility index (Phi) is 5.62. The minimum atomic E-state index is -4.15. The van der Waals surface area contributed by atoms with Gasteiger partial charge in [-0.15, -0.1) is 0 Å². The van der Waals surface area contributed by atoms with Gasteiger partial charge >= 0.3 is 5.51 Å². The molecule has 17 heavy (non-hydrogen) atoms. The van der Waals surface area contributed by atoms with E-state index in [9.17, 15) is 13.2 Å². The molecule has 0 aliphatic carbocycles. The molecule has 1 aromatic carbocycles. The molecular formula is C11H13ClF3NS. The average molecular weight is 284 g/mol. The van der Waals surface area contributed by atoms with Crippen LogP contribution in [-0.2, 0) is 0 Å². The molecule has 0 aromatic heterocycles. The third kappa shape index (κ3) is 6.19. The molecule has 1 rings (SSSR count). The number of halogens is 4. The van der Waals surface area contributed by atoms with Gasteiger partial charge in [-0.2, -0.15) is 13.2 Å². The Morgan fingerprint density at radius 3 is 2.41 bits per heavy atom. The van der Waals surface area contributed by atoms with Gasteiger partial charge in [0.1, 0.15) is 0 Å². The molecule has 0 heterocycles. The number of hydrogen-bond acceptors (Lipinski definition) is 2. The van der Waals surface area contributed by atoms with Crippen molar-refractivity contribution in [3.63, 3.8) is 0 Å².